The van der Waals surface area contributed by atoms with Gasteiger partial charge >= 0.3 is 12.0 Å². The third kappa shape index (κ3) is 3.43. The zero-order valence-corrected chi connectivity index (χ0v) is 18.4. The van der Waals surface area contributed by atoms with E-state index >= 15 is 0 Å². The Morgan fingerprint density at radius 1 is 0.576 bits per heavy atom. The Bertz CT molecular complexity index is 1160. The molecule has 1 aliphatic heterocycles. The van der Waals surface area contributed by atoms with Crippen LogP contribution in [0.3, 0.4) is 0 Å². The molecule has 5 rings (SSSR count). The minimum absolute atomic E-state index is 0.264. The van der Waals surface area contributed by atoms with Crippen molar-refractivity contribution in [1.29, 1.82) is 0 Å². The third-order valence-electron chi connectivity index (χ3n) is 6.03. The monoisotopic (exact) mass is 467 g/mol. The summed E-state index contributed by atoms with van der Waals surface area (Å²) in [5, 5.41) is 3.07. The lowest BCUT2D eigenvalue weighted by atomic mass is 10.1. The highest BCUT2D eigenvalue weighted by Gasteiger charge is 2.67. The van der Waals surface area contributed by atoms with Crippen LogP contribution in [-0.4, -0.2) is 6.11 Å². The fraction of sp³-hybridized carbons (Fsp3) is 0.111. The number of ether oxygens (including phenoxy) is 1. The number of halogens is 4. The van der Waals surface area contributed by atoms with Crippen LogP contribution in [0.4, 0.5) is 17.6 Å². The first-order chi connectivity index (χ1) is 15.9. The normalized spacial score (nSPS) is 16.1. The third-order valence-corrected chi connectivity index (χ3v) is 10.4. The first-order valence-corrected chi connectivity index (χ1v) is 12.5. The van der Waals surface area contributed by atoms with E-state index in [-0.39, 0.29) is 6.16 Å². The Hall–Kier alpha value is -3.17. The minimum atomic E-state index is -4.58. The summed E-state index contributed by atoms with van der Waals surface area (Å²) in [5.41, 5.74) is -0.425. The highest BCUT2D eigenvalue weighted by atomic mass is 31.2. The van der Waals surface area contributed by atoms with Gasteiger partial charge in [0.2, 0.25) is 0 Å². The Labute approximate surface area is 190 Å². The number of para-hydroxylation sites is 1. The van der Waals surface area contributed by atoms with E-state index in [9.17, 15) is 17.6 Å². The molecule has 166 valence electrons. The molecule has 1 heterocycles. The number of alkyl halides is 4. The van der Waals surface area contributed by atoms with E-state index in [2.05, 4.69) is 4.74 Å². The van der Waals surface area contributed by atoms with Gasteiger partial charge in [0.1, 0.15) is 35.1 Å². The van der Waals surface area contributed by atoms with Gasteiger partial charge in [-0.05, 0) is 42.5 Å². The summed E-state index contributed by atoms with van der Waals surface area (Å²) < 4.78 is 61.8. The summed E-state index contributed by atoms with van der Waals surface area (Å²) in [7, 11) is -2.46. The lowest BCUT2D eigenvalue weighted by Crippen LogP contribution is -2.37. The summed E-state index contributed by atoms with van der Waals surface area (Å²) >= 11 is 0. The second kappa shape index (κ2) is 8.00. The molecule has 0 bridgehead atoms. The van der Waals surface area contributed by atoms with Crippen LogP contribution in [0.2, 0.25) is 0 Å². The molecule has 1 nitrogen and oxygen atoms in total. The summed E-state index contributed by atoms with van der Waals surface area (Å²) in [6, 6.07) is 33.5. The van der Waals surface area contributed by atoms with Gasteiger partial charge in [0.05, 0.1) is 5.56 Å². The molecule has 0 saturated heterocycles. The number of hydrogen-bond acceptors (Lipinski definition) is 1. The van der Waals surface area contributed by atoms with Crippen molar-refractivity contribution in [2.75, 3.05) is 0 Å². The standard InChI is InChI=1S/C27H20F4OP/c28-26(29)24-18-10-11-20(25(24)32-27(26,30)31)19-33(21-12-4-1-5-13-21,22-14-6-2-7-15-22)23-16-8-3-9-17-23/h1-18H,19H2/q+1. The maximum atomic E-state index is 14.4. The molecule has 0 fully saturated rings. The van der Waals surface area contributed by atoms with Crippen molar-refractivity contribution in [2.24, 2.45) is 0 Å². The molecule has 33 heavy (non-hydrogen) atoms. The Balaban J connectivity index is 1.78. The molecular weight excluding hydrogens is 447 g/mol. The smallest absolute Gasteiger partial charge is 0.427 e. The fourth-order valence-corrected chi connectivity index (χ4v) is 8.70. The van der Waals surface area contributed by atoms with Crippen molar-refractivity contribution in [2.45, 2.75) is 18.2 Å². The number of benzene rings is 4. The molecule has 6 heteroatoms. The average molecular weight is 467 g/mol. The maximum absolute atomic E-state index is 14.4. The van der Waals surface area contributed by atoms with Crippen molar-refractivity contribution in [3.8, 4) is 5.75 Å². The van der Waals surface area contributed by atoms with E-state index in [0.29, 0.717) is 5.56 Å². The second-order valence-corrected chi connectivity index (χ2v) is 11.4. The van der Waals surface area contributed by atoms with Crippen LogP contribution in [0.25, 0.3) is 0 Å². The van der Waals surface area contributed by atoms with Crippen LogP contribution in [0.5, 0.6) is 5.75 Å². The first kappa shape index (κ1) is 21.7. The average Bonchev–Trinajstić information content (AvgIpc) is 3.03. The van der Waals surface area contributed by atoms with Crippen molar-refractivity contribution < 1.29 is 22.3 Å². The van der Waals surface area contributed by atoms with E-state index in [1.165, 1.54) is 6.07 Å². The van der Waals surface area contributed by atoms with E-state index in [4.69, 9.17) is 0 Å². The van der Waals surface area contributed by atoms with E-state index in [1.54, 1.807) is 6.07 Å². The van der Waals surface area contributed by atoms with Gasteiger partial charge in [-0.1, -0.05) is 66.7 Å². The van der Waals surface area contributed by atoms with Gasteiger partial charge in [-0.3, -0.25) is 0 Å². The van der Waals surface area contributed by atoms with Gasteiger partial charge in [0.25, 0.3) is 0 Å². The quantitative estimate of drug-likeness (QED) is 0.249. The molecule has 0 spiro atoms. The maximum Gasteiger partial charge on any atom is 0.469 e. The topological polar surface area (TPSA) is 9.23 Å². The fourth-order valence-electron chi connectivity index (χ4n) is 4.45. The van der Waals surface area contributed by atoms with Gasteiger partial charge in [-0.15, -0.1) is 0 Å². The molecule has 0 amide bonds. The van der Waals surface area contributed by atoms with Crippen LogP contribution in [-0.2, 0) is 12.1 Å². The second-order valence-electron chi connectivity index (χ2n) is 7.96. The van der Waals surface area contributed by atoms with Gasteiger partial charge < -0.3 is 4.74 Å². The Morgan fingerprint density at radius 3 is 1.48 bits per heavy atom. The molecule has 0 radical (unpaired) electrons. The minimum Gasteiger partial charge on any atom is -0.427 e. The molecule has 0 aromatic heterocycles. The predicted molar refractivity (Wildman–Crippen MR) is 125 cm³/mol. The molecule has 1 aliphatic rings. The predicted octanol–water partition coefficient (Wildman–Crippen LogP) is 6.26. The van der Waals surface area contributed by atoms with Gasteiger partial charge in [-0.25, -0.2) is 0 Å². The molecular formula is C27H20F4OP+. The summed E-state index contributed by atoms with van der Waals surface area (Å²) in [6.07, 6.45) is -4.32. The van der Waals surface area contributed by atoms with Crippen LogP contribution < -0.4 is 20.7 Å². The van der Waals surface area contributed by atoms with Crippen LogP contribution in [0.15, 0.2) is 109 Å². The highest BCUT2D eigenvalue weighted by Crippen LogP contribution is 2.61. The van der Waals surface area contributed by atoms with Crippen molar-refractivity contribution in [3.05, 3.63) is 120 Å². The Kier molecular flexibility index (Phi) is 5.25. The van der Waals surface area contributed by atoms with Crippen LogP contribution in [0, 0.1) is 0 Å². The molecule has 0 saturated carbocycles. The van der Waals surface area contributed by atoms with Crippen molar-refractivity contribution >= 4 is 23.2 Å². The molecule has 0 atom stereocenters. The van der Waals surface area contributed by atoms with Crippen molar-refractivity contribution in [1.82, 2.24) is 0 Å². The summed E-state index contributed by atoms with van der Waals surface area (Å²) in [5.74, 6) is -4.80. The largest absolute Gasteiger partial charge is 0.469 e. The number of hydrogen-bond donors (Lipinski definition) is 0. The summed E-state index contributed by atoms with van der Waals surface area (Å²) in [4.78, 5) is 0. The number of fused-ring (bicyclic) bond motifs is 1. The van der Waals surface area contributed by atoms with E-state index in [0.717, 1.165) is 22.0 Å². The van der Waals surface area contributed by atoms with Crippen LogP contribution in [0.1, 0.15) is 11.1 Å². The zero-order chi connectivity index (χ0) is 23.1. The number of rotatable bonds is 5. The van der Waals surface area contributed by atoms with E-state index in [1.807, 2.05) is 91.0 Å². The Morgan fingerprint density at radius 2 is 1.03 bits per heavy atom. The van der Waals surface area contributed by atoms with Gasteiger partial charge in [0.15, 0.2) is 0 Å². The molecule has 0 unspecified atom stereocenters. The molecule has 4 aromatic rings. The van der Waals surface area contributed by atoms with E-state index < -0.39 is 30.6 Å². The molecule has 0 N–H and O–H groups in total. The van der Waals surface area contributed by atoms with Gasteiger partial charge in [-0.2, -0.15) is 17.6 Å². The lowest BCUT2D eigenvalue weighted by Gasteiger charge is -2.28. The van der Waals surface area contributed by atoms with Gasteiger partial charge in [0, 0.05) is 5.56 Å². The SMILES string of the molecule is FC1(F)Oc2c(C[P+](c3ccccc3)(c3ccccc3)c3ccccc3)cccc2C1(F)F. The molecule has 4 aromatic carbocycles. The lowest BCUT2D eigenvalue weighted by molar-refractivity contribution is -0.296. The van der Waals surface area contributed by atoms with Crippen molar-refractivity contribution in [3.63, 3.8) is 0 Å². The van der Waals surface area contributed by atoms with Crippen LogP contribution >= 0.6 is 7.26 Å². The summed E-state index contributed by atoms with van der Waals surface area (Å²) in [6.45, 7) is 0. The molecule has 0 aliphatic carbocycles. The highest BCUT2D eigenvalue weighted by molar-refractivity contribution is 7.95. The zero-order valence-electron chi connectivity index (χ0n) is 17.5. The first-order valence-electron chi connectivity index (χ1n) is 10.5.